The van der Waals surface area contributed by atoms with Gasteiger partial charge in [0.15, 0.2) is 0 Å². The topological polar surface area (TPSA) is 26.0 Å². The van der Waals surface area contributed by atoms with Crippen LogP contribution >= 0.6 is 38.9 Å². The van der Waals surface area contributed by atoms with Gasteiger partial charge in [0, 0.05) is 20.3 Å². The summed E-state index contributed by atoms with van der Waals surface area (Å²) in [6.45, 7) is 0.645. The molecule has 0 saturated carbocycles. The molecule has 1 heterocycles. The maximum Gasteiger partial charge on any atom is 0.0406 e. The Morgan fingerprint density at radius 3 is 2.47 bits per heavy atom. The average Bonchev–Trinajstić information content (AvgIpc) is 2.73. The van der Waals surface area contributed by atoms with Crippen LogP contribution < -0.4 is 5.73 Å². The molecular formula is C13H13BrClNS. The molecule has 0 aliphatic heterocycles. The van der Waals surface area contributed by atoms with Gasteiger partial charge in [-0.2, -0.15) is 0 Å². The van der Waals surface area contributed by atoms with E-state index in [2.05, 4.69) is 39.5 Å². The van der Waals surface area contributed by atoms with E-state index in [0.29, 0.717) is 12.5 Å². The van der Waals surface area contributed by atoms with Crippen LogP contribution in [0.25, 0.3) is 0 Å². The number of halogens is 2. The van der Waals surface area contributed by atoms with Crippen molar-refractivity contribution in [1.82, 2.24) is 0 Å². The van der Waals surface area contributed by atoms with E-state index < -0.39 is 0 Å². The number of benzene rings is 1. The Kier molecular flexibility index (Phi) is 4.62. The molecule has 0 saturated heterocycles. The Balaban J connectivity index is 2.17. The van der Waals surface area contributed by atoms with Gasteiger partial charge in [-0.05, 0) is 58.0 Å². The minimum Gasteiger partial charge on any atom is -0.330 e. The zero-order chi connectivity index (χ0) is 12.3. The number of rotatable bonds is 4. The summed E-state index contributed by atoms with van der Waals surface area (Å²) in [5.41, 5.74) is 7.11. The van der Waals surface area contributed by atoms with Gasteiger partial charge in [-0.3, -0.25) is 0 Å². The highest BCUT2D eigenvalue weighted by Crippen LogP contribution is 2.29. The van der Waals surface area contributed by atoms with Gasteiger partial charge in [0.05, 0.1) is 0 Å². The Morgan fingerprint density at radius 1 is 1.24 bits per heavy atom. The van der Waals surface area contributed by atoms with Crippen molar-refractivity contribution < 1.29 is 0 Å². The molecule has 0 amide bonds. The molecule has 2 N–H and O–H groups in total. The summed E-state index contributed by atoms with van der Waals surface area (Å²) in [6, 6.07) is 10.0. The summed E-state index contributed by atoms with van der Waals surface area (Å²) in [6.07, 6.45) is 0.969. The molecule has 2 rings (SSSR count). The van der Waals surface area contributed by atoms with E-state index in [1.165, 1.54) is 14.9 Å². The molecular weight excluding hydrogens is 318 g/mol. The summed E-state index contributed by atoms with van der Waals surface area (Å²) in [5, 5.41) is 2.86. The van der Waals surface area contributed by atoms with Crippen LogP contribution in [0.3, 0.4) is 0 Å². The van der Waals surface area contributed by atoms with E-state index in [-0.39, 0.29) is 0 Å². The lowest BCUT2D eigenvalue weighted by atomic mass is 9.95. The molecule has 0 bridgehead atoms. The van der Waals surface area contributed by atoms with Crippen LogP contribution in [0, 0.1) is 0 Å². The molecule has 1 aromatic heterocycles. The second-order valence-electron chi connectivity index (χ2n) is 3.88. The first-order valence-corrected chi connectivity index (χ1v) is 7.43. The molecule has 2 aromatic rings. The molecule has 0 aliphatic carbocycles. The highest BCUT2D eigenvalue weighted by molar-refractivity contribution is 9.10. The van der Waals surface area contributed by atoms with Gasteiger partial charge in [0.2, 0.25) is 0 Å². The third-order valence-electron chi connectivity index (χ3n) is 2.75. The zero-order valence-electron chi connectivity index (χ0n) is 9.20. The summed E-state index contributed by atoms with van der Waals surface area (Å²) in [5.74, 6) is 0.349. The van der Waals surface area contributed by atoms with E-state index >= 15 is 0 Å². The van der Waals surface area contributed by atoms with Crippen molar-refractivity contribution in [3.63, 3.8) is 0 Å². The Hall–Kier alpha value is -0.350. The van der Waals surface area contributed by atoms with Crippen LogP contribution in [0.4, 0.5) is 0 Å². The molecule has 4 heteroatoms. The molecule has 0 aliphatic rings. The van der Waals surface area contributed by atoms with Crippen molar-refractivity contribution in [2.45, 2.75) is 12.3 Å². The first-order valence-electron chi connectivity index (χ1n) is 5.38. The molecule has 1 nitrogen and oxygen atoms in total. The Morgan fingerprint density at radius 2 is 1.94 bits per heavy atom. The SMILES string of the molecule is NCC(Cc1sccc1Br)c1ccc(Cl)cc1. The predicted molar refractivity (Wildman–Crippen MR) is 79.0 cm³/mol. The molecule has 0 fully saturated rings. The summed E-state index contributed by atoms with van der Waals surface area (Å²) < 4.78 is 1.18. The Labute approximate surface area is 119 Å². The minimum atomic E-state index is 0.349. The third-order valence-corrected chi connectivity index (χ3v) is 4.95. The zero-order valence-corrected chi connectivity index (χ0v) is 12.4. The van der Waals surface area contributed by atoms with Crippen LogP contribution in [0.2, 0.25) is 5.02 Å². The second kappa shape index (κ2) is 6.01. The summed E-state index contributed by atoms with van der Waals surface area (Å²) in [4.78, 5) is 1.34. The second-order valence-corrected chi connectivity index (χ2v) is 6.17. The van der Waals surface area contributed by atoms with Crippen LogP contribution in [-0.4, -0.2) is 6.54 Å². The lowest BCUT2D eigenvalue weighted by molar-refractivity contribution is 0.700. The molecule has 1 atom stereocenters. The average molecular weight is 331 g/mol. The highest BCUT2D eigenvalue weighted by Gasteiger charge is 2.13. The molecule has 1 unspecified atom stereocenters. The predicted octanol–water partition coefficient (Wildman–Crippen LogP) is 4.45. The van der Waals surface area contributed by atoms with Gasteiger partial charge in [0.25, 0.3) is 0 Å². The van der Waals surface area contributed by atoms with Crippen LogP contribution in [0.15, 0.2) is 40.2 Å². The normalized spacial score (nSPS) is 12.6. The summed E-state index contributed by atoms with van der Waals surface area (Å²) >= 11 is 11.2. The van der Waals surface area contributed by atoms with E-state index in [1.54, 1.807) is 11.3 Å². The van der Waals surface area contributed by atoms with Gasteiger partial charge in [0.1, 0.15) is 0 Å². The lowest BCUT2D eigenvalue weighted by Crippen LogP contribution is -2.14. The standard InChI is InChI=1S/C13H13BrClNS/c14-12-5-6-17-13(12)7-10(8-16)9-1-3-11(15)4-2-9/h1-6,10H,7-8,16H2. The first kappa shape index (κ1) is 13.1. The van der Waals surface area contributed by atoms with Crippen molar-refractivity contribution in [2.24, 2.45) is 5.73 Å². The monoisotopic (exact) mass is 329 g/mol. The number of nitrogens with two attached hydrogens (primary N) is 1. The quantitative estimate of drug-likeness (QED) is 0.880. The van der Waals surface area contributed by atoms with Crippen molar-refractivity contribution in [1.29, 1.82) is 0 Å². The van der Waals surface area contributed by atoms with Crippen molar-refractivity contribution in [2.75, 3.05) is 6.54 Å². The van der Waals surface area contributed by atoms with Crippen LogP contribution in [0.5, 0.6) is 0 Å². The minimum absolute atomic E-state index is 0.349. The maximum atomic E-state index is 5.89. The fourth-order valence-corrected chi connectivity index (χ4v) is 3.49. The van der Waals surface area contributed by atoms with Gasteiger partial charge in [-0.25, -0.2) is 0 Å². The molecule has 0 radical (unpaired) electrons. The van der Waals surface area contributed by atoms with Crippen LogP contribution in [0.1, 0.15) is 16.4 Å². The smallest absolute Gasteiger partial charge is 0.0406 e. The third kappa shape index (κ3) is 3.32. The largest absolute Gasteiger partial charge is 0.330 e. The number of hydrogen-bond donors (Lipinski definition) is 1. The Bertz CT molecular complexity index is 480. The van der Waals surface area contributed by atoms with E-state index in [1.807, 2.05) is 12.1 Å². The van der Waals surface area contributed by atoms with Gasteiger partial charge >= 0.3 is 0 Å². The summed E-state index contributed by atoms with van der Waals surface area (Å²) in [7, 11) is 0. The molecule has 0 spiro atoms. The lowest BCUT2D eigenvalue weighted by Gasteiger charge is -2.14. The van der Waals surface area contributed by atoms with Gasteiger partial charge in [-0.1, -0.05) is 23.7 Å². The van der Waals surface area contributed by atoms with Crippen molar-refractivity contribution >= 4 is 38.9 Å². The van der Waals surface area contributed by atoms with E-state index in [9.17, 15) is 0 Å². The highest BCUT2D eigenvalue weighted by atomic mass is 79.9. The van der Waals surface area contributed by atoms with Crippen LogP contribution in [-0.2, 0) is 6.42 Å². The molecule has 90 valence electrons. The van der Waals surface area contributed by atoms with Gasteiger partial charge in [-0.15, -0.1) is 11.3 Å². The number of hydrogen-bond acceptors (Lipinski definition) is 2. The fourth-order valence-electron chi connectivity index (χ4n) is 1.77. The van der Waals surface area contributed by atoms with E-state index in [4.69, 9.17) is 17.3 Å². The van der Waals surface area contributed by atoms with Crippen molar-refractivity contribution in [3.05, 3.63) is 55.6 Å². The molecule has 17 heavy (non-hydrogen) atoms. The van der Waals surface area contributed by atoms with Crippen molar-refractivity contribution in [3.8, 4) is 0 Å². The maximum absolute atomic E-state index is 5.89. The first-order chi connectivity index (χ1) is 8.20. The number of thiophene rings is 1. The van der Waals surface area contributed by atoms with E-state index in [0.717, 1.165) is 11.4 Å². The fraction of sp³-hybridized carbons (Fsp3) is 0.231. The van der Waals surface area contributed by atoms with Gasteiger partial charge < -0.3 is 5.73 Å². The molecule has 1 aromatic carbocycles.